The van der Waals surface area contributed by atoms with Crippen molar-refractivity contribution in [1.29, 1.82) is 0 Å². The molecule has 2 aliphatic carbocycles. The lowest BCUT2D eigenvalue weighted by atomic mass is 9.51. The molecule has 3 amide bonds. The number of carbonyl (C=O) groups is 4. The van der Waals surface area contributed by atoms with Crippen LogP contribution in [0.15, 0.2) is 71.8 Å². The number of amides is 3. The highest BCUT2D eigenvalue weighted by Gasteiger charge is 2.66. The van der Waals surface area contributed by atoms with E-state index in [0.29, 0.717) is 18.5 Å². The van der Waals surface area contributed by atoms with Crippen LogP contribution in [0.3, 0.4) is 0 Å². The first kappa shape index (κ1) is 25.1. The van der Waals surface area contributed by atoms with Crippen LogP contribution in [0.4, 0.5) is 10.5 Å². The molecule has 0 unspecified atom stereocenters. The van der Waals surface area contributed by atoms with E-state index in [0.717, 1.165) is 16.7 Å². The Morgan fingerprint density at radius 2 is 1.60 bits per heavy atom. The maximum absolute atomic E-state index is 14.0. The summed E-state index contributed by atoms with van der Waals surface area (Å²) in [6.45, 7) is 4.46. The molecule has 3 heterocycles. The van der Waals surface area contributed by atoms with E-state index in [1.807, 2.05) is 62.4 Å². The minimum Gasteiger partial charge on any atom is -0.463 e. The molecule has 0 radical (unpaired) electrons. The smallest absolute Gasteiger partial charge is 0.410 e. The summed E-state index contributed by atoms with van der Waals surface area (Å²) in [5, 5.41) is 0. The fourth-order valence-electron chi connectivity index (χ4n) is 8.25. The topological polar surface area (TPSA) is 93.2 Å². The molecule has 3 fully saturated rings. The summed E-state index contributed by atoms with van der Waals surface area (Å²) in [7, 11) is 0. The summed E-state index contributed by atoms with van der Waals surface area (Å²) >= 11 is 0. The number of ether oxygens (including phenoxy) is 2. The Bertz CT molecular complexity index is 1440. The van der Waals surface area contributed by atoms with Crippen molar-refractivity contribution in [3.63, 3.8) is 0 Å². The maximum Gasteiger partial charge on any atom is 0.410 e. The summed E-state index contributed by atoms with van der Waals surface area (Å²) in [5.41, 5.74) is 2.77. The monoisotopic (exact) mass is 540 g/mol. The summed E-state index contributed by atoms with van der Waals surface area (Å²) in [6, 6.07) is 18.6. The molecule has 206 valence electrons. The molecular formula is C32H32N2O6. The molecule has 7 rings (SSSR count). The van der Waals surface area contributed by atoms with E-state index in [1.165, 1.54) is 4.90 Å². The number of anilines is 1. The van der Waals surface area contributed by atoms with Gasteiger partial charge in [-0.1, -0.05) is 61.0 Å². The van der Waals surface area contributed by atoms with Gasteiger partial charge in [-0.3, -0.25) is 24.2 Å². The molecule has 7 atom stereocenters. The zero-order valence-corrected chi connectivity index (χ0v) is 22.6. The molecule has 8 heteroatoms. The summed E-state index contributed by atoms with van der Waals surface area (Å²) in [4.78, 5) is 57.7. The van der Waals surface area contributed by atoms with Crippen LogP contribution in [0.25, 0.3) is 0 Å². The van der Waals surface area contributed by atoms with Gasteiger partial charge in [0.1, 0.15) is 13.2 Å². The average Bonchev–Trinajstić information content (AvgIpc) is 3.24. The number of hydrogen-bond acceptors (Lipinski definition) is 6. The largest absolute Gasteiger partial charge is 0.463 e. The van der Waals surface area contributed by atoms with Gasteiger partial charge in [0.15, 0.2) is 0 Å². The van der Waals surface area contributed by atoms with Crippen molar-refractivity contribution in [1.82, 2.24) is 4.90 Å². The van der Waals surface area contributed by atoms with E-state index in [2.05, 4.69) is 0 Å². The molecule has 0 bridgehead atoms. The van der Waals surface area contributed by atoms with Crippen LogP contribution in [0.1, 0.15) is 32.3 Å². The number of benzene rings is 2. The number of cyclic esters (lactones) is 1. The number of nitrogens with zero attached hydrogens (tertiary/aromatic N) is 2. The second kappa shape index (κ2) is 9.04. The van der Waals surface area contributed by atoms with Crippen molar-refractivity contribution in [2.45, 2.75) is 38.8 Å². The van der Waals surface area contributed by atoms with Crippen LogP contribution in [-0.2, 0) is 30.5 Å². The molecule has 40 heavy (non-hydrogen) atoms. The van der Waals surface area contributed by atoms with Crippen molar-refractivity contribution in [2.24, 2.45) is 35.5 Å². The van der Waals surface area contributed by atoms with E-state index in [4.69, 9.17) is 9.47 Å². The van der Waals surface area contributed by atoms with Gasteiger partial charge in [0.2, 0.25) is 11.8 Å². The zero-order chi connectivity index (χ0) is 27.8. The summed E-state index contributed by atoms with van der Waals surface area (Å²) in [6.07, 6.45) is 0.725. The number of hydrogen-bond donors (Lipinski definition) is 0. The molecule has 2 aromatic carbocycles. The molecule has 0 spiro atoms. The normalized spacial score (nSPS) is 34.3. The lowest BCUT2D eigenvalue weighted by Crippen LogP contribution is -2.68. The number of esters is 1. The molecule has 3 aliphatic heterocycles. The third kappa shape index (κ3) is 3.44. The Balaban J connectivity index is 1.28. The van der Waals surface area contributed by atoms with Gasteiger partial charge in [-0.25, -0.2) is 4.79 Å². The molecule has 2 aromatic rings. The number of para-hydroxylation sites is 1. The highest BCUT2D eigenvalue weighted by molar-refractivity contribution is 6.22. The van der Waals surface area contributed by atoms with Gasteiger partial charge >= 0.3 is 12.1 Å². The lowest BCUT2D eigenvalue weighted by Gasteiger charge is -2.60. The second-order valence-electron chi connectivity index (χ2n) is 12.0. The van der Waals surface area contributed by atoms with Crippen molar-refractivity contribution < 1.29 is 28.7 Å². The van der Waals surface area contributed by atoms with Crippen LogP contribution >= 0.6 is 0 Å². The predicted molar refractivity (Wildman–Crippen MR) is 145 cm³/mol. The maximum atomic E-state index is 14.0. The fourth-order valence-corrected chi connectivity index (χ4v) is 8.25. The predicted octanol–water partition coefficient (Wildman–Crippen LogP) is 4.35. The Kier molecular flexibility index (Phi) is 5.67. The van der Waals surface area contributed by atoms with Crippen molar-refractivity contribution >= 4 is 29.6 Å². The van der Waals surface area contributed by atoms with Crippen molar-refractivity contribution in [2.75, 3.05) is 18.1 Å². The van der Waals surface area contributed by atoms with E-state index in [1.54, 1.807) is 17.0 Å². The molecule has 0 N–H and O–H groups in total. The van der Waals surface area contributed by atoms with Gasteiger partial charge < -0.3 is 9.47 Å². The lowest BCUT2D eigenvalue weighted by molar-refractivity contribution is -0.174. The van der Waals surface area contributed by atoms with Crippen LogP contribution < -0.4 is 4.90 Å². The van der Waals surface area contributed by atoms with Crippen LogP contribution in [0.5, 0.6) is 0 Å². The third-order valence-corrected chi connectivity index (χ3v) is 10.1. The second-order valence-corrected chi connectivity index (χ2v) is 12.0. The number of fused-ring (bicyclic) bond motifs is 2. The van der Waals surface area contributed by atoms with E-state index in [-0.39, 0.29) is 55.3 Å². The molecular weight excluding hydrogens is 508 g/mol. The van der Waals surface area contributed by atoms with Crippen LogP contribution in [0, 0.1) is 35.5 Å². The number of rotatable bonds is 3. The minimum atomic E-state index is -0.804. The van der Waals surface area contributed by atoms with Gasteiger partial charge in [-0.2, -0.15) is 0 Å². The molecule has 0 aromatic heterocycles. The van der Waals surface area contributed by atoms with E-state index in [9.17, 15) is 19.2 Å². The van der Waals surface area contributed by atoms with Crippen molar-refractivity contribution in [3.8, 4) is 0 Å². The van der Waals surface area contributed by atoms with Crippen LogP contribution in [-0.4, -0.2) is 47.5 Å². The van der Waals surface area contributed by atoms with Gasteiger partial charge in [0, 0.05) is 12.5 Å². The minimum absolute atomic E-state index is 0.0719. The molecule has 2 saturated heterocycles. The van der Waals surface area contributed by atoms with Gasteiger partial charge in [-0.05, 0) is 54.9 Å². The first-order valence-electron chi connectivity index (χ1n) is 14.1. The van der Waals surface area contributed by atoms with Gasteiger partial charge in [-0.15, -0.1) is 0 Å². The average molecular weight is 541 g/mol. The van der Waals surface area contributed by atoms with Gasteiger partial charge in [0.05, 0.1) is 29.0 Å². The molecule has 1 saturated carbocycles. The van der Waals surface area contributed by atoms with Crippen molar-refractivity contribution in [3.05, 3.63) is 77.4 Å². The van der Waals surface area contributed by atoms with Gasteiger partial charge in [0.25, 0.3) is 0 Å². The highest BCUT2D eigenvalue weighted by atomic mass is 16.6. The molecule has 5 aliphatic rings. The Morgan fingerprint density at radius 1 is 0.950 bits per heavy atom. The summed E-state index contributed by atoms with van der Waals surface area (Å²) in [5.74, 6) is -2.64. The van der Waals surface area contributed by atoms with E-state index >= 15 is 0 Å². The zero-order valence-electron chi connectivity index (χ0n) is 22.6. The molecule has 8 nitrogen and oxygen atoms in total. The number of imide groups is 1. The first-order chi connectivity index (χ1) is 19.3. The standard InChI is InChI=1S/C32H32N2O6/c1-18-23-15-33(31(38)39-16-19-9-5-3-6-10-19)32(2)17-40-30(37)22-14-13-21(25(23)27(22)32)26-24(18)28(35)34(29(26)36)20-11-7-4-8-12-20/h3-12,18,21-22,24,26-27H,13-17H2,1-2H3/t18-,21+,22+,24-,26+,27+,32+/m0/s1. The van der Waals surface area contributed by atoms with E-state index < -0.39 is 29.4 Å². The Morgan fingerprint density at radius 3 is 2.33 bits per heavy atom. The SMILES string of the molecule is C[C@H]1C2=C3[C@@H](CC[C@H]4C(=O)OC[C@](C)([C@@H]34)N(C(=O)OCc3ccccc3)C2)[C@H]2C(=O)N(c3ccccc3)C(=O)[C@H]21. The quantitative estimate of drug-likeness (QED) is 0.327. The summed E-state index contributed by atoms with van der Waals surface area (Å²) < 4.78 is 11.5. The number of carbonyl (C=O) groups excluding carboxylic acids is 4. The first-order valence-corrected chi connectivity index (χ1v) is 14.1. The fraction of sp³-hybridized carbons (Fsp3) is 0.438. The third-order valence-electron chi connectivity index (χ3n) is 10.1. The Hall–Kier alpha value is -3.94. The highest BCUT2D eigenvalue weighted by Crippen LogP contribution is 2.61. The Labute approximate surface area is 232 Å². The van der Waals surface area contributed by atoms with Crippen LogP contribution in [0.2, 0.25) is 0 Å².